The van der Waals surface area contributed by atoms with Crippen molar-refractivity contribution in [2.75, 3.05) is 0 Å². The molecule has 1 aromatic carbocycles. The third-order valence-corrected chi connectivity index (χ3v) is 1.71. The van der Waals surface area contributed by atoms with Crippen LogP contribution in [0.5, 0.6) is 0 Å². The first-order chi connectivity index (χ1) is 6.16. The van der Waals surface area contributed by atoms with Crippen LogP contribution in [0, 0.1) is 11.6 Å². The fraction of sp³-hybridized carbons (Fsp3) is 0. The molecule has 0 radical (unpaired) electrons. The third kappa shape index (κ3) is 2.12. The summed E-state index contributed by atoms with van der Waals surface area (Å²) in [7, 11) is 0. The van der Waals surface area contributed by atoms with E-state index in [-0.39, 0.29) is 10.6 Å². The SMILES string of the molecule is O=C/C=C/c1ccc(Cl)c(F)c1F. The molecule has 0 aromatic heterocycles. The van der Waals surface area contributed by atoms with E-state index in [1.54, 1.807) is 0 Å². The maximum Gasteiger partial charge on any atom is 0.177 e. The molecule has 0 bridgehead atoms. The van der Waals surface area contributed by atoms with Crippen LogP contribution in [0.2, 0.25) is 5.02 Å². The molecule has 1 aromatic rings. The van der Waals surface area contributed by atoms with E-state index in [0.717, 1.165) is 6.08 Å². The van der Waals surface area contributed by atoms with Gasteiger partial charge in [0.1, 0.15) is 6.29 Å². The number of carbonyl (C=O) groups excluding carboxylic acids is 1. The predicted octanol–water partition coefficient (Wildman–Crippen LogP) is 2.83. The van der Waals surface area contributed by atoms with Crippen LogP contribution in [0.15, 0.2) is 18.2 Å². The molecule has 0 N–H and O–H groups in total. The topological polar surface area (TPSA) is 17.1 Å². The zero-order valence-electron chi connectivity index (χ0n) is 6.43. The van der Waals surface area contributed by atoms with Crippen molar-refractivity contribution in [3.8, 4) is 0 Å². The number of aldehydes is 1. The molecule has 0 saturated heterocycles. The van der Waals surface area contributed by atoms with Crippen LogP contribution in [0.25, 0.3) is 6.08 Å². The van der Waals surface area contributed by atoms with Gasteiger partial charge >= 0.3 is 0 Å². The van der Waals surface area contributed by atoms with Gasteiger partial charge < -0.3 is 0 Å². The lowest BCUT2D eigenvalue weighted by Gasteiger charge is -1.98. The zero-order chi connectivity index (χ0) is 9.84. The van der Waals surface area contributed by atoms with Crippen molar-refractivity contribution in [3.05, 3.63) is 40.4 Å². The number of carbonyl (C=O) groups is 1. The highest BCUT2D eigenvalue weighted by molar-refractivity contribution is 6.30. The Hall–Kier alpha value is -1.22. The minimum atomic E-state index is -1.10. The highest BCUT2D eigenvalue weighted by atomic mass is 35.5. The Bertz CT molecular complexity index is 361. The van der Waals surface area contributed by atoms with Crippen LogP contribution >= 0.6 is 11.6 Å². The summed E-state index contributed by atoms with van der Waals surface area (Å²) >= 11 is 5.31. The molecule has 0 aliphatic heterocycles. The number of hydrogen-bond acceptors (Lipinski definition) is 1. The van der Waals surface area contributed by atoms with Crippen molar-refractivity contribution in [1.82, 2.24) is 0 Å². The van der Waals surface area contributed by atoms with Crippen molar-refractivity contribution in [2.24, 2.45) is 0 Å². The largest absolute Gasteiger partial charge is 0.299 e. The Morgan fingerprint density at radius 3 is 2.54 bits per heavy atom. The van der Waals surface area contributed by atoms with Gasteiger partial charge in [0.2, 0.25) is 0 Å². The molecule has 0 aliphatic rings. The van der Waals surface area contributed by atoms with Crippen LogP contribution in [0.4, 0.5) is 8.78 Å². The molecule has 4 heteroatoms. The van der Waals surface area contributed by atoms with E-state index in [1.807, 2.05) is 0 Å². The lowest BCUT2D eigenvalue weighted by atomic mass is 10.2. The molecule has 0 heterocycles. The number of benzene rings is 1. The van der Waals surface area contributed by atoms with Gasteiger partial charge in [-0.2, -0.15) is 0 Å². The first kappa shape index (κ1) is 9.86. The molecule has 0 amide bonds. The van der Waals surface area contributed by atoms with Gasteiger partial charge in [-0.15, -0.1) is 0 Å². The van der Waals surface area contributed by atoms with Gasteiger partial charge in [0.25, 0.3) is 0 Å². The second-order valence-corrected chi connectivity index (χ2v) is 2.67. The van der Waals surface area contributed by atoms with Crippen molar-refractivity contribution in [1.29, 1.82) is 0 Å². The van der Waals surface area contributed by atoms with Gasteiger partial charge in [0.15, 0.2) is 11.6 Å². The smallest absolute Gasteiger partial charge is 0.177 e. The van der Waals surface area contributed by atoms with Crippen LogP contribution in [0.1, 0.15) is 5.56 Å². The molecule has 0 atom stereocenters. The summed E-state index contributed by atoms with van der Waals surface area (Å²) in [6, 6.07) is 2.52. The van der Waals surface area contributed by atoms with Crippen LogP contribution < -0.4 is 0 Å². The quantitative estimate of drug-likeness (QED) is 0.410. The summed E-state index contributed by atoms with van der Waals surface area (Å²) in [5.74, 6) is -2.15. The van der Waals surface area contributed by atoms with E-state index >= 15 is 0 Å². The molecule has 0 aliphatic carbocycles. The summed E-state index contributed by atoms with van der Waals surface area (Å²) in [4.78, 5) is 9.91. The second-order valence-electron chi connectivity index (χ2n) is 2.26. The Kier molecular flexibility index (Phi) is 3.14. The number of halogens is 3. The van der Waals surface area contributed by atoms with Crippen LogP contribution in [0.3, 0.4) is 0 Å². The first-order valence-electron chi connectivity index (χ1n) is 3.42. The fourth-order valence-electron chi connectivity index (χ4n) is 0.813. The summed E-state index contributed by atoms with van der Waals surface area (Å²) in [6.45, 7) is 0. The highest BCUT2D eigenvalue weighted by Gasteiger charge is 2.09. The minimum Gasteiger partial charge on any atom is -0.299 e. The summed E-state index contributed by atoms with van der Waals surface area (Å²) < 4.78 is 25.7. The third-order valence-electron chi connectivity index (χ3n) is 1.42. The number of hydrogen-bond donors (Lipinski definition) is 0. The molecule has 68 valence electrons. The highest BCUT2D eigenvalue weighted by Crippen LogP contribution is 2.20. The van der Waals surface area contributed by atoms with E-state index in [1.165, 1.54) is 18.2 Å². The Labute approximate surface area is 78.6 Å². The van der Waals surface area contributed by atoms with E-state index in [9.17, 15) is 13.6 Å². The standard InChI is InChI=1S/C9H5ClF2O/c10-7-4-3-6(2-1-5-13)8(11)9(7)12/h1-5H/b2-1+. The van der Waals surface area contributed by atoms with Crippen LogP contribution in [-0.4, -0.2) is 6.29 Å². The average molecular weight is 203 g/mol. The van der Waals surface area contributed by atoms with E-state index in [4.69, 9.17) is 11.6 Å². The van der Waals surface area contributed by atoms with Gasteiger partial charge in [-0.25, -0.2) is 8.78 Å². The lowest BCUT2D eigenvalue weighted by Crippen LogP contribution is -1.89. The maximum absolute atomic E-state index is 13.0. The second kappa shape index (κ2) is 4.14. The Balaban J connectivity index is 3.17. The van der Waals surface area contributed by atoms with Gasteiger partial charge in [-0.05, 0) is 18.2 Å². The Morgan fingerprint density at radius 2 is 1.92 bits per heavy atom. The van der Waals surface area contributed by atoms with E-state index in [0.29, 0.717) is 6.29 Å². The van der Waals surface area contributed by atoms with Crippen molar-refractivity contribution >= 4 is 24.0 Å². The zero-order valence-corrected chi connectivity index (χ0v) is 7.18. The molecule has 0 spiro atoms. The molecule has 1 nitrogen and oxygen atoms in total. The van der Waals surface area contributed by atoms with Gasteiger partial charge in [-0.1, -0.05) is 17.7 Å². The monoisotopic (exact) mass is 202 g/mol. The van der Waals surface area contributed by atoms with Gasteiger partial charge in [-0.3, -0.25) is 4.79 Å². The summed E-state index contributed by atoms with van der Waals surface area (Å²) in [5, 5.41) is -0.277. The molecule has 0 fully saturated rings. The van der Waals surface area contributed by atoms with E-state index in [2.05, 4.69) is 0 Å². The number of rotatable bonds is 2. The fourth-order valence-corrected chi connectivity index (χ4v) is 0.958. The molecular formula is C9H5ClF2O. The van der Waals surface area contributed by atoms with Crippen molar-refractivity contribution in [3.63, 3.8) is 0 Å². The minimum absolute atomic E-state index is 0.00556. The van der Waals surface area contributed by atoms with Gasteiger partial charge in [0.05, 0.1) is 5.02 Å². The van der Waals surface area contributed by atoms with E-state index < -0.39 is 11.6 Å². The molecule has 1 rings (SSSR count). The molecule has 0 saturated carbocycles. The summed E-state index contributed by atoms with van der Waals surface area (Å²) in [6.07, 6.45) is 2.72. The van der Waals surface area contributed by atoms with Crippen molar-refractivity contribution < 1.29 is 13.6 Å². The lowest BCUT2D eigenvalue weighted by molar-refractivity contribution is -0.104. The maximum atomic E-state index is 13.0. The predicted molar refractivity (Wildman–Crippen MR) is 46.5 cm³/mol. The molecule has 13 heavy (non-hydrogen) atoms. The van der Waals surface area contributed by atoms with Crippen LogP contribution in [-0.2, 0) is 4.79 Å². The average Bonchev–Trinajstić information content (AvgIpc) is 2.13. The summed E-state index contributed by atoms with van der Waals surface area (Å²) in [5.41, 5.74) is -0.00556. The molecular weight excluding hydrogens is 198 g/mol. The Morgan fingerprint density at radius 1 is 1.23 bits per heavy atom. The van der Waals surface area contributed by atoms with Crippen molar-refractivity contribution in [2.45, 2.75) is 0 Å². The van der Waals surface area contributed by atoms with Gasteiger partial charge in [0, 0.05) is 5.56 Å². The molecule has 0 unspecified atom stereocenters. The first-order valence-corrected chi connectivity index (χ1v) is 3.80. The normalized spacial score (nSPS) is 10.7. The number of allylic oxidation sites excluding steroid dienone is 1.